The fraction of sp³-hybridized carbons (Fsp3) is 0.429. The number of ether oxygens (including phenoxy) is 1. The predicted molar refractivity (Wildman–Crippen MR) is 104 cm³/mol. The molecule has 0 N–H and O–H groups in total. The maximum atomic E-state index is 12.5. The molecule has 2 aromatic rings. The van der Waals surface area contributed by atoms with Crippen LogP contribution in [0.4, 0.5) is 5.82 Å². The molecule has 0 aliphatic carbocycles. The third-order valence-corrected chi connectivity index (χ3v) is 4.84. The van der Waals surface area contributed by atoms with E-state index < -0.39 is 0 Å². The molecule has 0 bridgehead atoms. The van der Waals surface area contributed by atoms with Crippen LogP contribution in [0.3, 0.4) is 0 Å². The predicted octanol–water partition coefficient (Wildman–Crippen LogP) is 3.24. The van der Waals surface area contributed by atoms with Crippen LogP contribution in [0.25, 0.3) is 0 Å². The molecule has 1 aromatic carbocycles. The van der Waals surface area contributed by atoms with E-state index in [4.69, 9.17) is 4.74 Å². The van der Waals surface area contributed by atoms with Crippen LogP contribution >= 0.6 is 0 Å². The second-order valence-electron chi connectivity index (χ2n) is 7.02. The first kappa shape index (κ1) is 18.2. The van der Waals surface area contributed by atoms with Crippen molar-refractivity contribution in [1.82, 2.24) is 9.88 Å². The van der Waals surface area contributed by atoms with Crippen molar-refractivity contribution in [2.24, 2.45) is 0 Å². The Balaban J connectivity index is 1.53. The standard InChI is InChI=1S/C21H27N3O2/c1-16(2)18-8-7-17(3)19(14-18)26-15-21(25)24-12-10-23(11-13-24)20-6-4-5-9-22-20/h4-9,14,16H,10-13,15H2,1-3H3. The molecule has 0 radical (unpaired) electrons. The lowest BCUT2D eigenvalue weighted by Gasteiger charge is -2.35. The van der Waals surface area contributed by atoms with Crippen molar-refractivity contribution in [3.8, 4) is 5.75 Å². The zero-order chi connectivity index (χ0) is 18.5. The zero-order valence-corrected chi connectivity index (χ0v) is 15.8. The van der Waals surface area contributed by atoms with Crippen LogP contribution in [0.15, 0.2) is 42.6 Å². The van der Waals surface area contributed by atoms with Crippen molar-refractivity contribution >= 4 is 11.7 Å². The summed E-state index contributed by atoms with van der Waals surface area (Å²) in [5.74, 6) is 2.25. The molecular weight excluding hydrogens is 326 g/mol. The minimum absolute atomic E-state index is 0.0417. The topological polar surface area (TPSA) is 45.7 Å². The normalized spacial score (nSPS) is 14.6. The second kappa shape index (κ2) is 8.21. The third-order valence-electron chi connectivity index (χ3n) is 4.84. The summed E-state index contributed by atoms with van der Waals surface area (Å²) in [4.78, 5) is 21.0. The van der Waals surface area contributed by atoms with Crippen LogP contribution in [0.2, 0.25) is 0 Å². The van der Waals surface area contributed by atoms with Gasteiger partial charge in [-0.1, -0.05) is 32.0 Å². The highest BCUT2D eigenvalue weighted by Gasteiger charge is 2.22. The molecule has 2 heterocycles. The number of hydrogen-bond acceptors (Lipinski definition) is 4. The van der Waals surface area contributed by atoms with Crippen LogP contribution in [-0.2, 0) is 4.79 Å². The number of aryl methyl sites for hydroxylation is 1. The van der Waals surface area contributed by atoms with E-state index in [2.05, 4.69) is 35.9 Å². The summed E-state index contributed by atoms with van der Waals surface area (Å²) in [6.07, 6.45) is 1.80. The second-order valence-corrected chi connectivity index (χ2v) is 7.02. The zero-order valence-electron chi connectivity index (χ0n) is 15.8. The molecule has 1 aromatic heterocycles. The van der Waals surface area contributed by atoms with Gasteiger partial charge in [-0.05, 0) is 42.2 Å². The van der Waals surface area contributed by atoms with Crippen molar-refractivity contribution in [3.05, 3.63) is 53.7 Å². The number of carbonyl (C=O) groups excluding carboxylic acids is 1. The largest absolute Gasteiger partial charge is 0.483 e. The minimum atomic E-state index is 0.0417. The molecule has 0 spiro atoms. The Morgan fingerprint density at radius 2 is 1.92 bits per heavy atom. The average Bonchev–Trinajstić information content (AvgIpc) is 2.67. The van der Waals surface area contributed by atoms with E-state index in [-0.39, 0.29) is 12.5 Å². The van der Waals surface area contributed by atoms with Gasteiger partial charge in [0.1, 0.15) is 11.6 Å². The molecule has 1 saturated heterocycles. The van der Waals surface area contributed by atoms with E-state index in [9.17, 15) is 4.79 Å². The molecule has 0 saturated carbocycles. The highest BCUT2D eigenvalue weighted by molar-refractivity contribution is 5.78. The average molecular weight is 353 g/mol. The number of piperazine rings is 1. The van der Waals surface area contributed by atoms with Crippen LogP contribution in [0.1, 0.15) is 30.9 Å². The van der Waals surface area contributed by atoms with Gasteiger partial charge in [0.15, 0.2) is 6.61 Å². The Morgan fingerprint density at radius 3 is 2.58 bits per heavy atom. The van der Waals surface area contributed by atoms with Gasteiger partial charge in [0.05, 0.1) is 0 Å². The number of rotatable bonds is 5. The summed E-state index contributed by atoms with van der Waals surface area (Å²) in [6, 6.07) is 12.1. The van der Waals surface area contributed by atoms with E-state index in [0.29, 0.717) is 19.0 Å². The Labute approximate surface area is 155 Å². The number of hydrogen-bond donors (Lipinski definition) is 0. The maximum absolute atomic E-state index is 12.5. The molecule has 1 amide bonds. The first-order valence-corrected chi connectivity index (χ1v) is 9.21. The van der Waals surface area contributed by atoms with Gasteiger partial charge in [0.25, 0.3) is 5.91 Å². The van der Waals surface area contributed by atoms with Gasteiger partial charge < -0.3 is 14.5 Å². The lowest BCUT2D eigenvalue weighted by atomic mass is 10.0. The summed E-state index contributed by atoms with van der Waals surface area (Å²) in [6.45, 7) is 9.39. The fourth-order valence-corrected chi connectivity index (χ4v) is 3.09. The molecule has 1 aliphatic heterocycles. The number of pyridine rings is 1. The van der Waals surface area contributed by atoms with Gasteiger partial charge in [0.2, 0.25) is 0 Å². The number of benzene rings is 1. The summed E-state index contributed by atoms with van der Waals surface area (Å²) in [5.41, 5.74) is 2.28. The third kappa shape index (κ3) is 4.34. The number of carbonyl (C=O) groups is 1. The lowest BCUT2D eigenvalue weighted by molar-refractivity contribution is -0.133. The first-order chi connectivity index (χ1) is 12.5. The molecule has 0 unspecified atom stereocenters. The molecule has 1 aliphatic rings. The van der Waals surface area contributed by atoms with Crippen molar-refractivity contribution < 1.29 is 9.53 Å². The molecule has 1 fully saturated rings. The molecule has 3 rings (SSSR count). The maximum Gasteiger partial charge on any atom is 0.260 e. The van der Waals surface area contributed by atoms with Crippen molar-refractivity contribution in [3.63, 3.8) is 0 Å². The van der Waals surface area contributed by atoms with Crippen LogP contribution in [0, 0.1) is 6.92 Å². The van der Waals surface area contributed by atoms with Gasteiger partial charge in [0, 0.05) is 32.4 Å². The highest BCUT2D eigenvalue weighted by Crippen LogP contribution is 2.24. The molecular formula is C21H27N3O2. The van der Waals surface area contributed by atoms with E-state index in [0.717, 1.165) is 30.2 Å². The lowest BCUT2D eigenvalue weighted by Crippen LogP contribution is -2.50. The minimum Gasteiger partial charge on any atom is -0.483 e. The van der Waals surface area contributed by atoms with E-state index in [1.807, 2.05) is 36.1 Å². The Kier molecular flexibility index (Phi) is 5.76. The molecule has 26 heavy (non-hydrogen) atoms. The Morgan fingerprint density at radius 1 is 1.15 bits per heavy atom. The van der Waals surface area contributed by atoms with Gasteiger partial charge in [-0.3, -0.25) is 4.79 Å². The Hall–Kier alpha value is -2.56. The smallest absolute Gasteiger partial charge is 0.260 e. The highest BCUT2D eigenvalue weighted by atomic mass is 16.5. The SMILES string of the molecule is Cc1ccc(C(C)C)cc1OCC(=O)N1CCN(c2ccccn2)CC1. The van der Waals surface area contributed by atoms with Gasteiger partial charge >= 0.3 is 0 Å². The number of amides is 1. The van der Waals surface area contributed by atoms with E-state index >= 15 is 0 Å². The Bertz CT molecular complexity index is 738. The number of anilines is 1. The van der Waals surface area contributed by atoms with E-state index in [1.165, 1.54) is 5.56 Å². The summed E-state index contributed by atoms with van der Waals surface area (Å²) in [7, 11) is 0. The van der Waals surface area contributed by atoms with Crippen molar-refractivity contribution in [2.45, 2.75) is 26.7 Å². The summed E-state index contributed by atoms with van der Waals surface area (Å²) in [5, 5.41) is 0. The first-order valence-electron chi connectivity index (χ1n) is 9.21. The molecule has 5 heteroatoms. The van der Waals surface area contributed by atoms with Gasteiger partial charge in [-0.25, -0.2) is 4.98 Å². The van der Waals surface area contributed by atoms with Crippen LogP contribution in [0.5, 0.6) is 5.75 Å². The number of aromatic nitrogens is 1. The van der Waals surface area contributed by atoms with Crippen molar-refractivity contribution in [1.29, 1.82) is 0 Å². The van der Waals surface area contributed by atoms with Gasteiger partial charge in [-0.15, -0.1) is 0 Å². The molecule has 138 valence electrons. The monoisotopic (exact) mass is 353 g/mol. The summed E-state index contributed by atoms with van der Waals surface area (Å²) >= 11 is 0. The van der Waals surface area contributed by atoms with Crippen LogP contribution in [-0.4, -0.2) is 48.6 Å². The van der Waals surface area contributed by atoms with Gasteiger partial charge in [-0.2, -0.15) is 0 Å². The summed E-state index contributed by atoms with van der Waals surface area (Å²) < 4.78 is 5.84. The number of nitrogens with zero attached hydrogens (tertiary/aromatic N) is 3. The van der Waals surface area contributed by atoms with E-state index in [1.54, 1.807) is 6.20 Å². The van der Waals surface area contributed by atoms with Crippen molar-refractivity contribution in [2.75, 3.05) is 37.7 Å². The molecule has 5 nitrogen and oxygen atoms in total. The quantitative estimate of drug-likeness (QED) is 0.828. The molecule has 0 atom stereocenters. The van der Waals surface area contributed by atoms with Crippen LogP contribution < -0.4 is 9.64 Å². The fourth-order valence-electron chi connectivity index (χ4n) is 3.09.